The topological polar surface area (TPSA) is 42.0 Å². The van der Waals surface area contributed by atoms with Crippen LogP contribution in [0.3, 0.4) is 0 Å². The van der Waals surface area contributed by atoms with E-state index in [0.717, 1.165) is 44.6 Å². The van der Waals surface area contributed by atoms with E-state index < -0.39 is 6.16 Å². The molecule has 0 bridgehead atoms. The second kappa shape index (κ2) is 9.53. The van der Waals surface area contributed by atoms with E-state index in [-0.39, 0.29) is 6.10 Å². The molecule has 1 saturated heterocycles. The van der Waals surface area contributed by atoms with Crippen LogP contribution in [-0.4, -0.2) is 62.3 Å². The van der Waals surface area contributed by atoms with E-state index in [2.05, 4.69) is 23.8 Å². The Balaban J connectivity index is 1.93. The molecule has 1 fully saturated rings. The van der Waals surface area contributed by atoms with Gasteiger partial charge in [-0.2, -0.15) is 0 Å². The average molecular weight is 320 g/mol. The summed E-state index contributed by atoms with van der Waals surface area (Å²) in [4.78, 5) is 16.6. The first kappa shape index (κ1) is 17.8. The van der Waals surface area contributed by atoms with Crippen molar-refractivity contribution in [2.75, 3.05) is 46.4 Å². The summed E-state index contributed by atoms with van der Waals surface area (Å²) in [5, 5.41) is 0. The van der Waals surface area contributed by atoms with Crippen molar-refractivity contribution in [3.63, 3.8) is 0 Å². The lowest BCUT2D eigenvalue weighted by Crippen LogP contribution is -2.46. The molecule has 1 atom stereocenters. The summed E-state index contributed by atoms with van der Waals surface area (Å²) in [5.41, 5.74) is 1.01. The summed E-state index contributed by atoms with van der Waals surface area (Å²) < 4.78 is 10.7. The first-order chi connectivity index (χ1) is 11.2. The summed E-state index contributed by atoms with van der Waals surface area (Å²) in [6, 6.07) is 9.91. The van der Waals surface area contributed by atoms with E-state index in [4.69, 9.17) is 9.47 Å². The Morgan fingerprint density at radius 3 is 2.52 bits per heavy atom. The Morgan fingerprint density at radius 2 is 1.87 bits per heavy atom. The van der Waals surface area contributed by atoms with E-state index in [1.165, 1.54) is 0 Å². The standard InChI is InChI=1S/C18H28N2O3/c1-3-4-14-22-18(21)23-17(16-8-6-5-7-9-16)15-20-12-10-19(2)11-13-20/h5-9,17H,3-4,10-15H2,1-2H3. The van der Waals surface area contributed by atoms with Crippen molar-refractivity contribution in [2.45, 2.75) is 25.9 Å². The summed E-state index contributed by atoms with van der Waals surface area (Å²) in [5.74, 6) is 0. The molecule has 5 heteroatoms. The molecule has 0 amide bonds. The third-order valence-electron chi connectivity index (χ3n) is 4.15. The molecule has 0 spiro atoms. The Labute approximate surface area is 139 Å². The van der Waals surface area contributed by atoms with E-state index in [9.17, 15) is 4.79 Å². The van der Waals surface area contributed by atoms with Gasteiger partial charge in [-0.05, 0) is 19.0 Å². The number of likely N-dealkylation sites (N-methyl/N-ethyl adjacent to an activating group) is 1. The van der Waals surface area contributed by atoms with Crippen LogP contribution in [0.4, 0.5) is 4.79 Å². The minimum Gasteiger partial charge on any atom is -0.434 e. The predicted octanol–water partition coefficient (Wildman–Crippen LogP) is 2.93. The molecule has 1 aliphatic heterocycles. The van der Waals surface area contributed by atoms with Crippen molar-refractivity contribution in [1.82, 2.24) is 9.80 Å². The van der Waals surface area contributed by atoms with Crippen LogP contribution in [0.15, 0.2) is 30.3 Å². The third kappa shape index (κ3) is 6.20. The average Bonchev–Trinajstić information content (AvgIpc) is 2.57. The number of carbonyl (C=O) groups excluding carboxylic acids is 1. The van der Waals surface area contributed by atoms with Crippen LogP contribution in [0.5, 0.6) is 0 Å². The molecule has 0 radical (unpaired) electrons. The number of piperazine rings is 1. The lowest BCUT2D eigenvalue weighted by Gasteiger charge is -2.34. The molecule has 23 heavy (non-hydrogen) atoms. The smallest absolute Gasteiger partial charge is 0.434 e. The molecule has 1 heterocycles. The SMILES string of the molecule is CCCCOC(=O)OC(CN1CCN(C)CC1)c1ccccc1. The summed E-state index contributed by atoms with van der Waals surface area (Å²) in [6.45, 7) is 7.27. The normalized spacial score (nSPS) is 17.7. The molecule has 0 N–H and O–H groups in total. The van der Waals surface area contributed by atoms with Gasteiger partial charge in [0.15, 0.2) is 0 Å². The first-order valence-electron chi connectivity index (χ1n) is 8.48. The Kier molecular flexibility index (Phi) is 7.36. The number of hydrogen-bond donors (Lipinski definition) is 0. The van der Waals surface area contributed by atoms with E-state index >= 15 is 0 Å². The number of unbranched alkanes of at least 4 members (excludes halogenated alkanes) is 1. The fourth-order valence-corrected chi connectivity index (χ4v) is 2.59. The zero-order valence-corrected chi connectivity index (χ0v) is 14.2. The number of hydrogen-bond acceptors (Lipinski definition) is 5. The van der Waals surface area contributed by atoms with Gasteiger partial charge in [-0.3, -0.25) is 4.90 Å². The van der Waals surface area contributed by atoms with Crippen molar-refractivity contribution in [3.05, 3.63) is 35.9 Å². The minimum absolute atomic E-state index is 0.284. The van der Waals surface area contributed by atoms with Gasteiger partial charge in [0.25, 0.3) is 0 Å². The van der Waals surface area contributed by atoms with Gasteiger partial charge < -0.3 is 14.4 Å². The van der Waals surface area contributed by atoms with Gasteiger partial charge in [-0.15, -0.1) is 0 Å². The molecule has 1 aliphatic rings. The second-order valence-electron chi connectivity index (χ2n) is 6.07. The molecule has 1 unspecified atom stereocenters. The van der Waals surface area contributed by atoms with Gasteiger partial charge in [0.1, 0.15) is 6.10 Å². The monoisotopic (exact) mass is 320 g/mol. The Bertz CT molecular complexity index is 459. The van der Waals surface area contributed by atoms with Crippen LogP contribution in [0, 0.1) is 0 Å². The molecular formula is C18H28N2O3. The van der Waals surface area contributed by atoms with Crippen molar-refractivity contribution in [2.24, 2.45) is 0 Å². The van der Waals surface area contributed by atoms with Crippen molar-refractivity contribution in [3.8, 4) is 0 Å². The van der Waals surface area contributed by atoms with Crippen LogP contribution >= 0.6 is 0 Å². The number of ether oxygens (including phenoxy) is 2. The highest BCUT2D eigenvalue weighted by molar-refractivity contribution is 5.60. The van der Waals surface area contributed by atoms with Crippen LogP contribution in [0.2, 0.25) is 0 Å². The molecule has 128 valence electrons. The zero-order chi connectivity index (χ0) is 16.5. The van der Waals surface area contributed by atoms with E-state index in [1.54, 1.807) is 0 Å². The van der Waals surface area contributed by atoms with Gasteiger partial charge in [0.2, 0.25) is 0 Å². The van der Waals surface area contributed by atoms with Gasteiger partial charge >= 0.3 is 6.16 Å². The lowest BCUT2D eigenvalue weighted by molar-refractivity contribution is 0.00382. The number of rotatable bonds is 7. The number of benzene rings is 1. The van der Waals surface area contributed by atoms with Gasteiger partial charge in [0.05, 0.1) is 6.61 Å². The number of carbonyl (C=O) groups is 1. The van der Waals surface area contributed by atoms with Crippen molar-refractivity contribution in [1.29, 1.82) is 0 Å². The molecule has 5 nitrogen and oxygen atoms in total. The Morgan fingerprint density at radius 1 is 1.17 bits per heavy atom. The third-order valence-corrected chi connectivity index (χ3v) is 4.15. The highest BCUT2D eigenvalue weighted by Crippen LogP contribution is 2.20. The predicted molar refractivity (Wildman–Crippen MR) is 90.5 cm³/mol. The van der Waals surface area contributed by atoms with Crippen molar-refractivity contribution < 1.29 is 14.3 Å². The van der Waals surface area contributed by atoms with Crippen LogP contribution < -0.4 is 0 Å². The molecule has 0 saturated carbocycles. The summed E-state index contributed by atoms with van der Waals surface area (Å²) >= 11 is 0. The minimum atomic E-state index is -0.568. The number of nitrogens with zero attached hydrogens (tertiary/aromatic N) is 2. The largest absolute Gasteiger partial charge is 0.508 e. The fraction of sp³-hybridized carbons (Fsp3) is 0.611. The maximum absolute atomic E-state index is 11.9. The van der Waals surface area contributed by atoms with Crippen LogP contribution in [0.25, 0.3) is 0 Å². The Hall–Kier alpha value is -1.59. The summed E-state index contributed by atoms with van der Waals surface area (Å²) in [7, 11) is 2.13. The molecule has 1 aromatic carbocycles. The maximum Gasteiger partial charge on any atom is 0.508 e. The van der Waals surface area contributed by atoms with Crippen LogP contribution in [-0.2, 0) is 9.47 Å². The van der Waals surface area contributed by atoms with Gasteiger partial charge in [-0.25, -0.2) is 4.79 Å². The second-order valence-corrected chi connectivity index (χ2v) is 6.07. The highest BCUT2D eigenvalue weighted by atomic mass is 16.7. The quantitative estimate of drug-likeness (QED) is 0.571. The zero-order valence-electron chi connectivity index (χ0n) is 14.2. The molecule has 1 aromatic rings. The fourth-order valence-electron chi connectivity index (χ4n) is 2.59. The maximum atomic E-state index is 11.9. The summed E-state index contributed by atoms with van der Waals surface area (Å²) in [6.07, 6.45) is 1.01. The molecule has 2 rings (SSSR count). The highest BCUT2D eigenvalue weighted by Gasteiger charge is 2.23. The van der Waals surface area contributed by atoms with E-state index in [1.807, 2.05) is 30.3 Å². The lowest BCUT2D eigenvalue weighted by atomic mass is 10.1. The first-order valence-corrected chi connectivity index (χ1v) is 8.48. The molecule has 0 aliphatic carbocycles. The van der Waals surface area contributed by atoms with Gasteiger partial charge in [-0.1, -0.05) is 43.7 Å². The molecule has 0 aromatic heterocycles. The van der Waals surface area contributed by atoms with E-state index in [0.29, 0.717) is 13.2 Å². The van der Waals surface area contributed by atoms with Gasteiger partial charge in [0, 0.05) is 32.7 Å². The van der Waals surface area contributed by atoms with Crippen molar-refractivity contribution >= 4 is 6.16 Å². The molecular weight excluding hydrogens is 292 g/mol. The van der Waals surface area contributed by atoms with Crippen LogP contribution in [0.1, 0.15) is 31.4 Å².